The molecule has 2 aromatic carbocycles. The number of aliphatic imine (C=N–C) groups is 4. The molecule has 22 heteroatoms. The molecule has 2 aliphatic heterocycles. The summed E-state index contributed by atoms with van der Waals surface area (Å²) in [6, 6.07) is 7.40. The van der Waals surface area contributed by atoms with Crippen molar-refractivity contribution in [1.29, 1.82) is 0 Å². The average Bonchev–Trinajstić information content (AvgIpc) is 2.81. The molecule has 212 valence electrons. The van der Waals surface area contributed by atoms with Gasteiger partial charge in [-0.15, -0.1) is 0 Å². The third kappa shape index (κ3) is 10.3. The summed E-state index contributed by atoms with van der Waals surface area (Å²) in [5.41, 5.74) is 0.0545. The first-order chi connectivity index (χ1) is 18.5. The molecule has 14 nitrogen and oxygen atoms in total. The topological polar surface area (TPSA) is 212 Å². The van der Waals surface area contributed by atoms with E-state index in [1.807, 2.05) is 0 Å². The van der Waals surface area contributed by atoms with E-state index in [-0.39, 0.29) is 93.5 Å². The first-order valence-electron chi connectivity index (χ1n) is 10.5. The average molecular weight is 714 g/mol. The van der Waals surface area contributed by atoms with E-state index in [2.05, 4.69) is 41.2 Å². The van der Waals surface area contributed by atoms with Crippen molar-refractivity contribution < 1.29 is 85.1 Å². The van der Waals surface area contributed by atoms with Crippen LogP contribution in [0.5, 0.6) is 0 Å². The van der Waals surface area contributed by atoms with Crippen molar-refractivity contribution >= 4 is 115 Å². The summed E-state index contributed by atoms with van der Waals surface area (Å²) in [6.45, 7) is 0. The number of guanidine groups is 2. The molecule has 0 amide bonds. The van der Waals surface area contributed by atoms with Crippen LogP contribution >= 0.6 is 46.4 Å². The minimum Gasteiger partial charge on any atom is -0.744 e. The molecule has 2 aromatic rings. The molecule has 4 N–H and O–H groups in total. The molecule has 0 saturated heterocycles. The second-order valence-electron chi connectivity index (χ2n) is 7.74. The molecule has 0 bridgehead atoms. The van der Waals surface area contributed by atoms with Gasteiger partial charge in [-0.2, -0.15) is 9.98 Å². The summed E-state index contributed by atoms with van der Waals surface area (Å²) in [5.74, 6) is 0.0296. The Morgan fingerprint density at radius 3 is 1.36 bits per heavy atom. The Balaban J connectivity index is 0.00000308. The van der Waals surface area contributed by atoms with Crippen LogP contribution in [0.2, 0.25) is 0 Å². The van der Waals surface area contributed by atoms with Crippen LogP contribution in [0.15, 0.2) is 66.2 Å². The van der Waals surface area contributed by atoms with Gasteiger partial charge in [-0.1, -0.05) is 24.3 Å². The molecule has 0 aliphatic carbocycles. The van der Waals surface area contributed by atoms with E-state index in [4.69, 9.17) is 46.4 Å². The number of hydrogen-bond donors (Lipinski definition) is 4. The number of nitrogens with one attached hydrogen (secondary N) is 4. The molecule has 0 aromatic heterocycles. The normalized spacial score (nSPS) is 17.1. The fourth-order valence-corrected chi connectivity index (χ4v) is 5.17. The summed E-state index contributed by atoms with van der Waals surface area (Å²) in [7, 11) is -10.0. The minimum atomic E-state index is -5.02. The summed E-state index contributed by atoms with van der Waals surface area (Å²) in [4.78, 5) is 13.7. The Bertz CT molecular complexity index is 1610. The molecule has 42 heavy (non-hydrogen) atoms. The van der Waals surface area contributed by atoms with Gasteiger partial charge < -0.3 is 30.4 Å². The maximum atomic E-state index is 12.0. The largest absolute Gasteiger partial charge is 1.00 e. The maximum Gasteiger partial charge on any atom is 1.00 e. The molecular weight excluding hydrogens is 700 g/mol. The Kier molecular flexibility index (Phi) is 12.8. The van der Waals surface area contributed by atoms with Crippen molar-refractivity contribution in [3.8, 4) is 0 Å². The summed E-state index contributed by atoms with van der Waals surface area (Å²) < 4.78 is 68.3. The minimum absolute atomic E-state index is 0. The van der Waals surface area contributed by atoms with Crippen LogP contribution in [0.1, 0.15) is 11.1 Å². The monoisotopic (exact) mass is 712 g/mol. The molecule has 2 heterocycles. The number of hydrogen-bond acceptors (Lipinski definition) is 14. The SMILES string of the molecule is O=S(=O)([O-])c1cc(NC2=NC(Cl)(Cl)N=CN2)ccc1C=Cc1ccc(NC2=NC(Cl)(Cl)N=CN2)cc1S(=O)(=O)[O-].[Na+].[Na+]. The van der Waals surface area contributed by atoms with Crippen molar-refractivity contribution in [3.05, 3.63) is 47.5 Å². The quantitative estimate of drug-likeness (QED) is 0.0768. The van der Waals surface area contributed by atoms with Gasteiger partial charge in [-0.05, 0) is 81.8 Å². The third-order valence-corrected chi connectivity index (χ3v) is 7.38. The number of alkyl halides is 4. The van der Waals surface area contributed by atoms with Crippen LogP contribution < -0.4 is 80.4 Å². The molecule has 0 fully saturated rings. The van der Waals surface area contributed by atoms with Crippen LogP contribution in [0.3, 0.4) is 0 Å². The molecule has 0 atom stereocenters. The number of halogens is 4. The van der Waals surface area contributed by atoms with Crippen LogP contribution in [0.4, 0.5) is 11.4 Å². The van der Waals surface area contributed by atoms with Gasteiger partial charge in [-0.3, -0.25) is 0 Å². The van der Waals surface area contributed by atoms with Crippen molar-refractivity contribution in [3.63, 3.8) is 0 Å². The molecule has 0 saturated carbocycles. The van der Waals surface area contributed by atoms with Crippen LogP contribution in [0.25, 0.3) is 12.2 Å². The molecule has 2 aliphatic rings. The summed E-state index contributed by atoms with van der Waals surface area (Å²) in [5, 5.41) is 10.6. The third-order valence-electron chi connectivity index (χ3n) is 4.87. The first-order valence-corrected chi connectivity index (χ1v) is 14.8. The number of benzene rings is 2. The van der Waals surface area contributed by atoms with Gasteiger partial charge >= 0.3 is 68.3 Å². The summed E-state index contributed by atoms with van der Waals surface area (Å²) >= 11 is 23.3. The van der Waals surface area contributed by atoms with Crippen molar-refractivity contribution in [2.75, 3.05) is 10.6 Å². The fourth-order valence-electron chi connectivity index (χ4n) is 3.25. The second-order valence-corrected chi connectivity index (χ2v) is 12.9. The Morgan fingerprint density at radius 2 is 1.05 bits per heavy atom. The molecule has 0 unspecified atom stereocenters. The van der Waals surface area contributed by atoms with Crippen LogP contribution in [0, 0.1) is 0 Å². The van der Waals surface area contributed by atoms with Gasteiger partial charge in [0.15, 0.2) is 0 Å². The number of anilines is 2. The van der Waals surface area contributed by atoms with Gasteiger partial charge in [0.2, 0.25) is 11.9 Å². The smallest absolute Gasteiger partial charge is 0.744 e. The molecular formula is C20H14Cl4N8Na2O6S2. The van der Waals surface area contributed by atoms with E-state index in [0.717, 1.165) is 37.0 Å². The zero-order valence-electron chi connectivity index (χ0n) is 21.3. The number of nitrogens with zero attached hydrogens (tertiary/aromatic N) is 4. The van der Waals surface area contributed by atoms with Gasteiger partial charge in [0.1, 0.15) is 20.2 Å². The zero-order chi connectivity index (χ0) is 29.3. The van der Waals surface area contributed by atoms with Gasteiger partial charge in [0.05, 0.1) is 22.5 Å². The van der Waals surface area contributed by atoms with Crippen molar-refractivity contribution in [2.24, 2.45) is 20.0 Å². The van der Waals surface area contributed by atoms with Gasteiger partial charge in [-0.25, -0.2) is 26.8 Å². The Hall–Kier alpha value is -0.960. The van der Waals surface area contributed by atoms with Crippen molar-refractivity contribution in [1.82, 2.24) is 10.6 Å². The predicted molar refractivity (Wildman–Crippen MR) is 152 cm³/mol. The van der Waals surface area contributed by atoms with Crippen LogP contribution in [-0.4, -0.2) is 59.7 Å². The number of rotatable bonds is 6. The Labute approximate surface area is 304 Å². The maximum absolute atomic E-state index is 12.0. The van der Waals surface area contributed by atoms with E-state index in [0.29, 0.717) is 0 Å². The predicted octanol–water partition coefficient (Wildman–Crippen LogP) is -3.35. The summed E-state index contributed by atoms with van der Waals surface area (Å²) in [6.07, 6.45) is 4.65. The van der Waals surface area contributed by atoms with E-state index < -0.39 is 39.2 Å². The molecule has 0 radical (unpaired) electrons. The first kappa shape index (κ1) is 37.2. The zero-order valence-corrected chi connectivity index (χ0v) is 30.0. The van der Waals surface area contributed by atoms with E-state index in [9.17, 15) is 25.9 Å². The van der Waals surface area contributed by atoms with Gasteiger partial charge in [0, 0.05) is 11.4 Å². The van der Waals surface area contributed by atoms with E-state index >= 15 is 0 Å². The molecule has 4 rings (SSSR count). The fraction of sp³-hybridized carbons (Fsp3) is 0.100. The Morgan fingerprint density at radius 1 is 0.690 bits per heavy atom. The van der Waals surface area contributed by atoms with Crippen LogP contribution in [-0.2, 0) is 20.2 Å². The second kappa shape index (κ2) is 14.4. The van der Waals surface area contributed by atoms with E-state index in [1.165, 1.54) is 24.3 Å². The van der Waals surface area contributed by atoms with Crippen molar-refractivity contribution in [2.45, 2.75) is 19.0 Å². The van der Waals surface area contributed by atoms with Gasteiger partial charge in [0.25, 0.3) is 0 Å². The standard InChI is InChI=1S/C20H16Cl4N8O6S2.2Na/c21-19(22)27-9-25-17(31-19)29-13-5-3-11(15(7-13)39(33,34)35)1-2-12-4-6-14(8-16(12)40(36,37)38)30-18-26-10-28-20(23,24)32-18;;/h1-10H,(H,33,34,35)(H,36,37,38)(H2,25,27,29,31)(H2,26,28,30,32);;/q;2*+1/p-2. The van der Waals surface area contributed by atoms with E-state index in [1.54, 1.807) is 0 Å². The molecule has 0 spiro atoms.